The number of nitrogens with zero attached hydrogens (tertiary/aromatic N) is 1. The Bertz CT molecular complexity index is 679. The van der Waals surface area contributed by atoms with Gasteiger partial charge < -0.3 is 14.6 Å². The summed E-state index contributed by atoms with van der Waals surface area (Å²) in [5.74, 6) is 0.293. The SMILES string of the molecule is Cc1ccccc1NC(=O)C1CC(=O)N(Cc2ccco2)C1. The molecule has 1 aliphatic heterocycles. The van der Waals surface area contributed by atoms with Crippen LogP contribution in [0.1, 0.15) is 17.7 Å². The second-order valence-corrected chi connectivity index (χ2v) is 5.56. The van der Waals surface area contributed by atoms with E-state index < -0.39 is 0 Å². The van der Waals surface area contributed by atoms with E-state index in [0.717, 1.165) is 17.0 Å². The number of benzene rings is 1. The monoisotopic (exact) mass is 298 g/mol. The molecule has 2 heterocycles. The average Bonchev–Trinajstić information content (AvgIpc) is 3.13. The van der Waals surface area contributed by atoms with Crippen molar-refractivity contribution in [2.45, 2.75) is 19.9 Å². The van der Waals surface area contributed by atoms with E-state index in [1.54, 1.807) is 17.2 Å². The Labute approximate surface area is 128 Å². The van der Waals surface area contributed by atoms with Gasteiger partial charge in [0, 0.05) is 18.7 Å². The van der Waals surface area contributed by atoms with Gasteiger partial charge in [-0.2, -0.15) is 0 Å². The molecular weight excluding hydrogens is 280 g/mol. The maximum atomic E-state index is 12.3. The van der Waals surface area contributed by atoms with E-state index in [-0.39, 0.29) is 24.2 Å². The molecule has 1 aliphatic rings. The minimum Gasteiger partial charge on any atom is -0.467 e. The van der Waals surface area contributed by atoms with Crippen molar-refractivity contribution >= 4 is 17.5 Å². The molecule has 114 valence electrons. The fourth-order valence-corrected chi connectivity index (χ4v) is 2.64. The first-order valence-electron chi connectivity index (χ1n) is 7.30. The van der Waals surface area contributed by atoms with Gasteiger partial charge in [-0.25, -0.2) is 0 Å². The number of likely N-dealkylation sites (tertiary alicyclic amines) is 1. The van der Waals surface area contributed by atoms with Gasteiger partial charge in [0.1, 0.15) is 5.76 Å². The molecular formula is C17H18N2O3. The quantitative estimate of drug-likeness (QED) is 0.943. The summed E-state index contributed by atoms with van der Waals surface area (Å²) in [6.07, 6.45) is 1.83. The van der Waals surface area contributed by atoms with Crippen LogP contribution in [-0.4, -0.2) is 23.3 Å². The van der Waals surface area contributed by atoms with Gasteiger partial charge >= 0.3 is 0 Å². The van der Waals surface area contributed by atoms with Crippen molar-refractivity contribution in [3.8, 4) is 0 Å². The minimum atomic E-state index is -0.318. The van der Waals surface area contributed by atoms with E-state index in [4.69, 9.17) is 4.42 Å². The lowest BCUT2D eigenvalue weighted by Crippen LogP contribution is -2.28. The normalized spacial score (nSPS) is 17.8. The average molecular weight is 298 g/mol. The van der Waals surface area contributed by atoms with Crippen molar-refractivity contribution in [3.63, 3.8) is 0 Å². The third kappa shape index (κ3) is 3.03. The highest BCUT2D eigenvalue weighted by Gasteiger charge is 2.34. The summed E-state index contributed by atoms with van der Waals surface area (Å²) in [6.45, 7) is 2.79. The zero-order valence-corrected chi connectivity index (χ0v) is 12.4. The van der Waals surface area contributed by atoms with Crippen LogP contribution in [0.5, 0.6) is 0 Å². The maximum Gasteiger partial charge on any atom is 0.229 e. The van der Waals surface area contributed by atoms with Gasteiger partial charge in [-0.15, -0.1) is 0 Å². The number of carbonyl (C=O) groups is 2. The topological polar surface area (TPSA) is 62.6 Å². The number of carbonyl (C=O) groups excluding carboxylic acids is 2. The molecule has 0 aliphatic carbocycles. The fourth-order valence-electron chi connectivity index (χ4n) is 2.64. The Morgan fingerprint density at radius 1 is 1.32 bits per heavy atom. The first-order valence-corrected chi connectivity index (χ1v) is 7.30. The molecule has 0 spiro atoms. The molecule has 2 amide bonds. The van der Waals surface area contributed by atoms with Gasteiger partial charge in [0.2, 0.25) is 11.8 Å². The van der Waals surface area contributed by atoms with Crippen molar-refractivity contribution < 1.29 is 14.0 Å². The van der Waals surface area contributed by atoms with Crippen molar-refractivity contribution in [2.75, 3.05) is 11.9 Å². The predicted octanol–water partition coefficient (Wildman–Crippen LogP) is 2.58. The second-order valence-electron chi connectivity index (χ2n) is 5.56. The summed E-state index contributed by atoms with van der Waals surface area (Å²) < 4.78 is 5.26. The minimum absolute atomic E-state index is 0.0127. The maximum absolute atomic E-state index is 12.3. The second kappa shape index (κ2) is 6.05. The van der Waals surface area contributed by atoms with Crippen molar-refractivity contribution in [3.05, 3.63) is 54.0 Å². The molecule has 0 bridgehead atoms. The number of nitrogens with one attached hydrogen (secondary N) is 1. The highest BCUT2D eigenvalue weighted by atomic mass is 16.3. The van der Waals surface area contributed by atoms with Crippen LogP contribution in [0.15, 0.2) is 47.1 Å². The van der Waals surface area contributed by atoms with Crippen LogP contribution >= 0.6 is 0 Å². The lowest BCUT2D eigenvalue weighted by molar-refractivity contribution is -0.128. The molecule has 22 heavy (non-hydrogen) atoms. The zero-order chi connectivity index (χ0) is 15.5. The van der Waals surface area contributed by atoms with Gasteiger partial charge in [0.25, 0.3) is 0 Å². The van der Waals surface area contributed by atoms with Crippen LogP contribution in [0, 0.1) is 12.8 Å². The molecule has 1 aromatic carbocycles. The van der Waals surface area contributed by atoms with Crippen LogP contribution in [0.25, 0.3) is 0 Å². The third-order valence-electron chi connectivity index (χ3n) is 3.92. The molecule has 5 heteroatoms. The van der Waals surface area contributed by atoms with Crippen LogP contribution in [0.2, 0.25) is 0 Å². The summed E-state index contributed by atoms with van der Waals surface area (Å²) in [5.41, 5.74) is 1.80. The number of anilines is 1. The molecule has 1 N–H and O–H groups in total. The van der Waals surface area contributed by atoms with E-state index in [2.05, 4.69) is 5.32 Å². The Hall–Kier alpha value is -2.56. The van der Waals surface area contributed by atoms with E-state index in [9.17, 15) is 9.59 Å². The van der Waals surface area contributed by atoms with Crippen LogP contribution < -0.4 is 5.32 Å². The third-order valence-corrected chi connectivity index (χ3v) is 3.92. The fraction of sp³-hybridized carbons (Fsp3) is 0.294. The highest BCUT2D eigenvalue weighted by molar-refractivity contribution is 5.97. The number of amides is 2. The molecule has 3 rings (SSSR count). The molecule has 1 unspecified atom stereocenters. The highest BCUT2D eigenvalue weighted by Crippen LogP contribution is 2.23. The van der Waals surface area contributed by atoms with E-state index >= 15 is 0 Å². The first kappa shape index (κ1) is 14.4. The van der Waals surface area contributed by atoms with Crippen molar-refractivity contribution in [1.82, 2.24) is 4.90 Å². The summed E-state index contributed by atoms with van der Waals surface area (Å²) in [4.78, 5) is 26.1. The number of aryl methyl sites for hydroxylation is 1. The van der Waals surface area contributed by atoms with Crippen LogP contribution in [0.4, 0.5) is 5.69 Å². The molecule has 0 radical (unpaired) electrons. The van der Waals surface area contributed by atoms with E-state index in [1.165, 1.54) is 0 Å². The Morgan fingerprint density at radius 3 is 2.86 bits per heavy atom. The Kier molecular flexibility index (Phi) is 3.96. The van der Waals surface area contributed by atoms with Crippen LogP contribution in [0.3, 0.4) is 0 Å². The molecule has 2 aromatic rings. The summed E-state index contributed by atoms with van der Waals surface area (Å²) in [7, 11) is 0. The van der Waals surface area contributed by atoms with Gasteiger partial charge in [-0.1, -0.05) is 18.2 Å². The molecule has 0 saturated carbocycles. The molecule has 1 atom stereocenters. The van der Waals surface area contributed by atoms with E-state index in [1.807, 2.05) is 37.3 Å². The number of rotatable bonds is 4. The lowest BCUT2D eigenvalue weighted by atomic mass is 10.1. The zero-order valence-electron chi connectivity index (χ0n) is 12.4. The summed E-state index contributed by atoms with van der Waals surface area (Å²) in [5, 5.41) is 2.91. The molecule has 1 aromatic heterocycles. The molecule has 5 nitrogen and oxygen atoms in total. The van der Waals surface area contributed by atoms with Crippen molar-refractivity contribution in [1.29, 1.82) is 0 Å². The first-order chi connectivity index (χ1) is 10.6. The van der Waals surface area contributed by atoms with Gasteiger partial charge in [-0.3, -0.25) is 9.59 Å². The number of hydrogen-bond donors (Lipinski definition) is 1. The lowest BCUT2D eigenvalue weighted by Gasteiger charge is -2.15. The van der Waals surface area contributed by atoms with Gasteiger partial charge in [-0.05, 0) is 30.7 Å². The summed E-state index contributed by atoms with van der Waals surface area (Å²) in [6, 6.07) is 11.2. The largest absolute Gasteiger partial charge is 0.467 e. The van der Waals surface area contributed by atoms with Crippen LogP contribution in [-0.2, 0) is 16.1 Å². The predicted molar refractivity (Wildman–Crippen MR) is 82.0 cm³/mol. The van der Waals surface area contributed by atoms with E-state index in [0.29, 0.717) is 13.1 Å². The number of para-hydroxylation sites is 1. The van der Waals surface area contributed by atoms with Gasteiger partial charge in [0.15, 0.2) is 0 Å². The standard InChI is InChI=1S/C17H18N2O3/c1-12-5-2-3-7-15(12)18-17(21)13-9-16(20)19(10-13)11-14-6-4-8-22-14/h2-8,13H,9-11H2,1H3,(H,18,21). The Balaban J connectivity index is 1.62. The van der Waals surface area contributed by atoms with Crippen molar-refractivity contribution in [2.24, 2.45) is 5.92 Å². The summed E-state index contributed by atoms with van der Waals surface area (Å²) >= 11 is 0. The number of hydrogen-bond acceptors (Lipinski definition) is 3. The Morgan fingerprint density at radius 2 is 2.14 bits per heavy atom. The van der Waals surface area contributed by atoms with Gasteiger partial charge in [0.05, 0.1) is 18.7 Å². The number of furan rings is 1. The smallest absolute Gasteiger partial charge is 0.229 e. The molecule has 1 fully saturated rings. The molecule has 1 saturated heterocycles.